The molecule has 0 atom stereocenters. The van der Waals surface area contributed by atoms with Crippen LogP contribution in [0.4, 0.5) is 0 Å². The maximum absolute atomic E-state index is 9.44. The van der Waals surface area contributed by atoms with Crippen molar-refractivity contribution in [3.63, 3.8) is 0 Å². The fraction of sp³-hybridized carbons (Fsp3) is 0.267. The monoisotopic (exact) mass is 255 g/mol. The van der Waals surface area contributed by atoms with Gasteiger partial charge in [-0.15, -0.1) is 0 Å². The van der Waals surface area contributed by atoms with E-state index >= 15 is 0 Å². The summed E-state index contributed by atoms with van der Waals surface area (Å²) < 4.78 is 4.23. The van der Waals surface area contributed by atoms with Crippen molar-refractivity contribution < 1.29 is 5.11 Å². The lowest BCUT2D eigenvalue weighted by Crippen LogP contribution is -2.05. The third-order valence-electron chi connectivity index (χ3n) is 3.54. The predicted molar refractivity (Wildman–Crippen MR) is 74.8 cm³/mol. The van der Waals surface area contributed by atoms with Gasteiger partial charge in [0.05, 0.1) is 12.1 Å². The minimum atomic E-state index is 0.0732. The Balaban J connectivity index is 1.91. The first-order valence-corrected chi connectivity index (χ1v) is 6.43. The Hall–Kier alpha value is -2.07. The minimum absolute atomic E-state index is 0.0732. The van der Waals surface area contributed by atoms with Gasteiger partial charge in [-0.1, -0.05) is 18.2 Å². The molecule has 0 fully saturated rings. The molecule has 0 aliphatic heterocycles. The van der Waals surface area contributed by atoms with Crippen LogP contribution >= 0.6 is 0 Å². The fourth-order valence-corrected chi connectivity index (χ4v) is 2.51. The molecular formula is C15H17N3O. The molecule has 0 saturated heterocycles. The second-order valence-corrected chi connectivity index (χ2v) is 4.73. The maximum Gasteiger partial charge on any atom is 0.110 e. The highest BCUT2D eigenvalue weighted by Crippen LogP contribution is 2.20. The largest absolute Gasteiger partial charge is 0.392 e. The molecule has 1 aromatic carbocycles. The van der Waals surface area contributed by atoms with Crippen molar-refractivity contribution in [2.75, 3.05) is 0 Å². The van der Waals surface area contributed by atoms with E-state index in [1.54, 1.807) is 0 Å². The molecule has 2 aromatic heterocycles. The molecule has 19 heavy (non-hydrogen) atoms. The van der Waals surface area contributed by atoms with Crippen LogP contribution in [-0.4, -0.2) is 19.2 Å². The number of aliphatic hydroxyl groups is 1. The Morgan fingerprint density at radius 3 is 2.84 bits per heavy atom. The van der Waals surface area contributed by atoms with Crippen LogP contribution in [0.25, 0.3) is 10.9 Å². The summed E-state index contributed by atoms with van der Waals surface area (Å²) in [5.74, 6) is 1.07. The fourth-order valence-electron chi connectivity index (χ4n) is 2.51. The van der Waals surface area contributed by atoms with Crippen LogP contribution in [0.1, 0.15) is 11.4 Å². The highest BCUT2D eigenvalue weighted by molar-refractivity contribution is 5.83. The molecule has 0 unspecified atom stereocenters. The number of benzene rings is 1. The average Bonchev–Trinajstić information content (AvgIpc) is 3.02. The van der Waals surface area contributed by atoms with Crippen molar-refractivity contribution >= 4 is 10.9 Å². The molecule has 98 valence electrons. The van der Waals surface area contributed by atoms with Gasteiger partial charge in [-0.2, -0.15) is 0 Å². The third kappa shape index (κ3) is 2.15. The van der Waals surface area contributed by atoms with E-state index in [9.17, 15) is 5.11 Å². The zero-order valence-corrected chi connectivity index (χ0v) is 11.0. The average molecular weight is 255 g/mol. The van der Waals surface area contributed by atoms with Crippen LogP contribution in [0, 0.1) is 0 Å². The molecule has 1 N–H and O–H groups in total. The van der Waals surface area contributed by atoms with Crippen molar-refractivity contribution in [3.8, 4) is 0 Å². The van der Waals surface area contributed by atoms with Gasteiger partial charge in [-0.25, -0.2) is 4.98 Å². The summed E-state index contributed by atoms with van der Waals surface area (Å²) in [6, 6.07) is 8.12. The molecular weight excluding hydrogens is 238 g/mol. The first-order valence-electron chi connectivity index (χ1n) is 6.43. The number of aryl methyl sites for hydroxylation is 3. The molecule has 0 aliphatic carbocycles. The lowest BCUT2D eigenvalue weighted by Gasteiger charge is -2.08. The van der Waals surface area contributed by atoms with Crippen molar-refractivity contribution in [2.24, 2.45) is 7.05 Å². The Morgan fingerprint density at radius 1 is 1.21 bits per heavy atom. The van der Waals surface area contributed by atoms with Crippen molar-refractivity contribution in [1.82, 2.24) is 14.1 Å². The van der Waals surface area contributed by atoms with E-state index in [-0.39, 0.29) is 6.61 Å². The van der Waals surface area contributed by atoms with Crippen LogP contribution in [0.5, 0.6) is 0 Å². The minimum Gasteiger partial charge on any atom is -0.392 e. The van der Waals surface area contributed by atoms with Gasteiger partial charge >= 0.3 is 0 Å². The number of aromatic nitrogens is 3. The van der Waals surface area contributed by atoms with E-state index < -0.39 is 0 Å². The topological polar surface area (TPSA) is 43.0 Å². The number of hydrogen-bond donors (Lipinski definition) is 1. The van der Waals surface area contributed by atoms with Gasteiger partial charge in [0.1, 0.15) is 5.82 Å². The Kier molecular flexibility index (Phi) is 3.09. The van der Waals surface area contributed by atoms with Gasteiger partial charge < -0.3 is 14.2 Å². The summed E-state index contributed by atoms with van der Waals surface area (Å²) in [7, 11) is 2.01. The van der Waals surface area contributed by atoms with E-state index in [4.69, 9.17) is 0 Å². The van der Waals surface area contributed by atoms with Gasteiger partial charge in [-0.05, 0) is 11.5 Å². The molecule has 2 heterocycles. The van der Waals surface area contributed by atoms with Crippen LogP contribution in [0.3, 0.4) is 0 Å². The zero-order chi connectivity index (χ0) is 13.2. The van der Waals surface area contributed by atoms with Crippen LogP contribution in [-0.2, 0) is 26.6 Å². The number of rotatable bonds is 4. The molecule has 0 saturated carbocycles. The van der Waals surface area contributed by atoms with Gasteiger partial charge in [0.2, 0.25) is 0 Å². The van der Waals surface area contributed by atoms with E-state index in [1.165, 1.54) is 5.39 Å². The lowest BCUT2D eigenvalue weighted by atomic mass is 10.1. The number of fused-ring (bicyclic) bond motifs is 1. The van der Waals surface area contributed by atoms with E-state index in [2.05, 4.69) is 27.9 Å². The molecule has 3 rings (SSSR count). The highest BCUT2D eigenvalue weighted by Gasteiger charge is 2.07. The van der Waals surface area contributed by atoms with Gasteiger partial charge in [-0.3, -0.25) is 0 Å². The second kappa shape index (κ2) is 4.90. The molecule has 3 aromatic rings. The summed E-state index contributed by atoms with van der Waals surface area (Å²) in [5, 5.41) is 10.6. The van der Waals surface area contributed by atoms with E-state index in [0.717, 1.165) is 29.9 Å². The quantitative estimate of drug-likeness (QED) is 0.776. The molecule has 0 spiro atoms. The summed E-state index contributed by atoms with van der Waals surface area (Å²) in [6.45, 7) is 0.940. The lowest BCUT2D eigenvalue weighted by molar-refractivity contribution is 0.283. The predicted octanol–water partition coefficient (Wildman–Crippen LogP) is 2.11. The maximum atomic E-state index is 9.44. The summed E-state index contributed by atoms with van der Waals surface area (Å²) >= 11 is 0. The number of aliphatic hydroxyl groups excluding tert-OH is 1. The van der Waals surface area contributed by atoms with Crippen molar-refractivity contribution in [1.29, 1.82) is 0 Å². The Morgan fingerprint density at radius 2 is 2.11 bits per heavy atom. The Labute approximate surface area is 111 Å². The molecule has 4 nitrogen and oxygen atoms in total. The first-order chi connectivity index (χ1) is 9.29. The number of hydrogen-bond acceptors (Lipinski definition) is 2. The van der Waals surface area contributed by atoms with Crippen LogP contribution < -0.4 is 0 Å². The standard InChI is InChI=1S/C15H17N3O/c1-17-10-7-16-14(17)6-9-18-8-5-12-3-2-4-13(11-19)15(12)18/h2-5,7-8,10,19H,6,9,11H2,1H3. The van der Waals surface area contributed by atoms with Crippen molar-refractivity contribution in [3.05, 3.63) is 54.2 Å². The summed E-state index contributed by atoms with van der Waals surface area (Å²) in [6.07, 6.45) is 6.74. The normalized spacial score (nSPS) is 11.3. The van der Waals surface area contributed by atoms with Gasteiger partial charge in [0.15, 0.2) is 0 Å². The van der Waals surface area contributed by atoms with E-state index in [0.29, 0.717) is 0 Å². The second-order valence-electron chi connectivity index (χ2n) is 4.73. The highest BCUT2D eigenvalue weighted by atomic mass is 16.3. The number of nitrogens with zero attached hydrogens (tertiary/aromatic N) is 3. The molecule has 0 amide bonds. The first kappa shape index (κ1) is 12.0. The zero-order valence-electron chi connectivity index (χ0n) is 11.0. The molecule has 0 aliphatic rings. The van der Waals surface area contributed by atoms with E-state index in [1.807, 2.05) is 36.1 Å². The van der Waals surface area contributed by atoms with Gasteiger partial charge in [0, 0.05) is 44.2 Å². The number of imidazole rings is 1. The molecule has 0 radical (unpaired) electrons. The van der Waals surface area contributed by atoms with Crippen LogP contribution in [0.15, 0.2) is 42.9 Å². The van der Waals surface area contributed by atoms with Crippen molar-refractivity contribution in [2.45, 2.75) is 19.6 Å². The molecule has 4 heteroatoms. The summed E-state index contributed by atoms with van der Waals surface area (Å²) in [4.78, 5) is 4.34. The van der Waals surface area contributed by atoms with Crippen LogP contribution in [0.2, 0.25) is 0 Å². The van der Waals surface area contributed by atoms with Gasteiger partial charge in [0.25, 0.3) is 0 Å². The number of para-hydroxylation sites is 1. The smallest absolute Gasteiger partial charge is 0.110 e. The summed E-state index contributed by atoms with van der Waals surface area (Å²) in [5.41, 5.74) is 2.10. The SMILES string of the molecule is Cn1ccnc1CCn1ccc2cccc(CO)c21. The third-order valence-corrected chi connectivity index (χ3v) is 3.54. The Bertz CT molecular complexity index is 696. The molecule has 0 bridgehead atoms.